The third-order valence-electron chi connectivity index (χ3n) is 1.07. The van der Waals surface area contributed by atoms with Crippen LogP contribution in [0.25, 0.3) is 0 Å². The fourth-order valence-electron chi connectivity index (χ4n) is 0.610. The van der Waals surface area contributed by atoms with Crippen LogP contribution in [-0.2, 0) is 0 Å². The Morgan fingerprint density at radius 2 is 2.33 bits per heavy atom. The van der Waals surface area contributed by atoms with Gasteiger partial charge in [0.2, 0.25) is 0 Å². The Kier molecular flexibility index (Phi) is 6.93. The summed E-state index contributed by atoms with van der Waals surface area (Å²) >= 11 is 10.8. The quantitative estimate of drug-likeness (QED) is 0.554. The zero-order valence-electron chi connectivity index (χ0n) is 7.06. The molecule has 66 valence electrons. The minimum Gasteiger partial charge on any atom is -0.0862 e. The molecular formula is C10H12Cl2. The second-order valence-corrected chi connectivity index (χ2v) is 3.10. The maximum atomic E-state index is 5.49. The van der Waals surface area contributed by atoms with Crippen LogP contribution in [0.2, 0.25) is 0 Å². The molecule has 0 radical (unpaired) electrons. The lowest BCUT2D eigenvalue weighted by atomic mass is 10.5. The molecule has 0 heterocycles. The molecule has 0 aromatic rings. The topological polar surface area (TPSA) is 0 Å². The summed E-state index contributed by atoms with van der Waals surface area (Å²) in [5, 5.41) is 1.45. The first-order valence-corrected chi connectivity index (χ1v) is 4.41. The molecule has 1 rings (SSSR count). The van der Waals surface area contributed by atoms with Crippen LogP contribution in [0.3, 0.4) is 0 Å². The van der Waals surface area contributed by atoms with E-state index in [1.54, 1.807) is 6.08 Å². The highest BCUT2D eigenvalue weighted by atomic mass is 35.5. The van der Waals surface area contributed by atoms with Gasteiger partial charge in [-0.2, -0.15) is 0 Å². The molecule has 0 aromatic heterocycles. The number of hydrogen-bond donors (Lipinski definition) is 0. The van der Waals surface area contributed by atoms with Crippen LogP contribution in [0.4, 0.5) is 0 Å². The molecule has 1 aliphatic rings. The highest BCUT2D eigenvalue weighted by Gasteiger charge is 1.87. The van der Waals surface area contributed by atoms with Gasteiger partial charge in [0.15, 0.2) is 0 Å². The SMILES string of the molecule is C=C(Cl)C=CC.ClC1=CCC=C1. The average Bonchev–Trinajstić information content (AvgIpc) is 2.40. The second kappa shape index (κ2) is 7.20. The van der Waals surface area contributed by atoms with Gasteiger partial charge in [-0.15, -0.1) is 0 Å². The molecule has 12 heavy (non-hydrogen) atoms. The van der Waals surface area contributed by atoms with Crippen molar-refractivity contribution in [2.24, 2.45) is 0 Å². The summed E-state index contributed by atoms with van der Waals surface area (Å²) in [5.74, 6) is 0. The molecule has 0 spiro atoms. The number of halogens is 2. The zero-order chi connectivity index (χ0) is 9.40. The molecule has 0 saturated heterocycles. The standard InChI is InChI=1S/C5H5Cl.C5H7Cl/c6-5-3-1-2-4-5;1-3-4-5(2)6/h1,3-4H,2H2;3-4H,2H2,1H3. The smallest absolute Gasteiger partial charge is 0.0366 e. The van der Waals surface area contributed by atoms with Crippen molar-refractivity contribution >= 4 is 23.2 Å². The van der Waals surface area contributed by atoms with Gasteiger partial charge in [0.25, 0.3) is 0 Å². The summed E-state index contributed by atoms with van der Waals surface area (Å²) in [6.07, 6.45) is 10.5. The Morgan fingerprint density at radius 1 is 1.67 bits per heavy atom. The van der Waals surface area contributed by atoms with Gasteiger partial charge in [-0.05, 0) is 25.5 Å². The Balaban J connectivity index is 0.000000202. The van der Waals surface area contributed by atoms with Crippen molar-refractivity contribution in [2.45, 2.75) is 13.3 Å². The van der Waals surface area contributed by atoms with E-state index in [1.165, 1.54) is 0 Å². The molecule has 0 aromatic carbocycles. The fraction of sp³-hybridized carbons (Fsp3) is 0.200. The van der Waals surface area contributed by atoms with Crippen molar-refractivity contribution in [2.75, 3.05) is 0 Å². The van der Waals surface area contributed by atoms with Gasteiger partial charge in [0.05, 0.1) is 0 Å². The molecule has 0 nitrogen and oxygen atoms in total. The molecule has 0 atom stereocenters. The lowest BCUT2D eigenvalue weighted by Crippen LogP contribution is -1.48. The maximum absolute atomic E-state index is 5.49. The van der Waals surface area contributed by atoms with Gasteiger partial charge >= 0.3 is 0 Å². The van der Waals surface area contributed by atoms with Crippen LogP contribution in [0.15, 0.2) is 47.0 Å². The summed E-state index contributed by atoms with van der Waals surface area (Å²) in [7, 11) is 0. The van der Waals surface area contributed by atoms with Crippen LogP contribution in [0, 0.1) is 0 Å². The van der Waals surface area contributed by atoms with Gasteiger partial charge < -0.3 is 0 Å². The monoisotopic (exact) mass is 202 g/mol. The second-order valence-electron chi connectivity index (χ2n) is 2.17. The molecule has 0 unspecified atom stereocenters. The highest BCUT2D eigenvalue weighted by molar-refractivity contribution is 6.31. The summed E-state index contributed by atoms with van der Waals surface area (Å²) in [6.45, 7) is 5.32. The van der Waals surface area contributed by atoms with E-state index < -0.39 is 0 Å². The van der Waals surface area contributed by atoms with E-state index >= 15 is 0 Å². The summed E-state index contributed by atoms with van der Waals surface area (Å²) in [6, 6.07) is 0. The van der Waals surface area contributed by atoms with Crippen LogP contribution < -0.4 is 0 Å². The van der Waals surface area contributed by atoms with Gasteiger partial charge in [-0.3, -0.25) is 0 Å². The first-order valence-electron chi connectivity index (χ1n) is 3.66. The predicted molar refractivity (Wildman–Crippen MR) is 57.5 cm³/mol. The van der Waals surface area contributed by atoms with E-state index in [0.717, 1.165) is 11.5 Å². The van der Waals surface area contributed by atoms with Crippen molar-refractivity contribution in [3.63, 3.8) is 0 Å². The van der Waals surface area contributed by atoms with E-state index in [9.17, 15) is 0 Å². The van der Waals surface area contributed by atoms with E-state index in [2.05, 4.69) is 6.58 Å². The summed E-state index contributed by atoms with van der Waals surface area (Å²) in [5.41, 5.74) is 0. The van der Waals surface area contributed by atoms with Gasteiger partial charge in [-0.25, -0.2) is 0 Å². The Labute approximate surface area is 83.9 Å². The predicted octanol–water partition coefficient (Wildman–Crippen LogP) is 4.38. The molecule has 2 heteroatoms. The van der Waals surface area contributed by atoms with Crippen molar-refractivity contribution in [3.05, 3.63) is 47.0 Å². The Morgan fingerprint density at radius 3 is 2.42 bits per heavy atom. The van der Waals surface area contributed by atoms with E-state index in [0.29, 0.717) is 5.03 Å². The van der Waals surface area contributed by atoms with Crippen LogP contribution in [0.5, 0.6) is 0 Å². The number of allylic oxidation sites excluding steroid dienone is 7. The van der Waals surface area contributed by atoms with Crippen molar-refractivity contribution in [1.29, 1.82) is 0 Å². The van der Waals surface area contributed by atoms with Gasteiger partial charge in [-0.1, -0.05) is 48.0 Å². The zero-order valence-corrected chi connectivity index (χ0v) is 8.57. The molecule has 0 bridgehead atoms. The largest absolute Gasteiger partial charge is 0.0862 e. The first kappa shape index (κ1) is 11.5. The minimum atomic E-state index is 0.581. The normalized spacial score (nSPS) is 14.1. The average molecular weight is 203 g/mol. The molecule has 0 aliphatic heterocycles. The molecule has 1 aliphatic carbocycles. The lowest BCUT2D eigenvalue weighted by Gasteiger charge is -1.72. The molecule has 0 N–H and O–H groups in total. The van der Waals surface area contributed by atoms with E-state index in [4.69, 9.17) is 23.2 Å². The molecule has 0 fully saturated rings. The maximum Gasteiger partial charge on any atom is 0.0366 e. The van der Waals surface area contributed by atoms with Crippen molar-refractivity contribution in [1.82, 2.24) is 0 Å². The van der Waals surface area contributed by atoms with Crippen LogP contribution >= 0.6 is 23.2 Å². The van der Waals surface area contributed by atoms with Crippen LogP contribution in [0.1, 0.15) is 13.3 Å². The van der Waals surface area contributed by atoms with Gasteiger partial charge in [0, 0.05) is 10.1 Å². The van der Waals surface area contributed by atoms with Crippen molar-refractivity contribution < 1.29 is 0 Å². The van der Waals surface area contributed by atoms with Crippen molar-refractivity contribution in [3.8, 4) is 0 Å². The third kappa shape index (κ3) is 7.64. The van der Waals surface area contributed by atoms with Crippen LogP contribution in [-0.4, -0.2) is 0 Å². The first-order chi connectivity index (χ1) is 5.66. The molecule has 0 amide bonds. The molecular weight excluding hydrogens is 191 g/mol. The highest BCUT2D eigenvalue weighted by Crippen LogP contribution is 2.11. The number of hydrogen-bond acceptors (Lipinski definition) is 0. The Hall–Kier alpha value is -0.460. The fourth-order valence-corrected chi connectivity index (χ4v) is 0.914. The van der Waals surface area contributed by atoms with Gasteiger partial charge in [0.1, 0.15) is 0 Å². The number of rotatable bonds is 1. The summed E-state index contributed by atoms with van der Waals surface area (Å²) in [4.78, 5) is 0. The lowest BCUT2D eigenvalue weighted by molar-refractivity contribution is 1.45. The Bertz CT molecular complexity index is 217. The third-order valence-corrected chi connectivity index (χ3v) is 1.48. The van der Waals surface area contributed by atoms with E-state index in [-0.39, 0.29) is 0 Å². The molecule has 0 saturated carbocycles. The summed E-state index contributed by atoms with van der Waals surface area (Å²) < 4.78 is 0. The minimum absolute atomic E-state index is 0.581. The van der Waals surface area contributed by atoms with E-state index in [1.807, 2.05) is 31.2 Å².